The minimum absolute atomic E-state index is 0.458. The van der Waals surface area contributed by atoms with Gasteiger partial charge in [0.15, 0.2) is 0 Å². The molecule has 88 valence electrons. The zero-order chi connectivity index (χ0) is 12.6. The van der Waals surface area contributed by atoms with Gasteiger partial charge >= 0.3 is 0 Å². The van der Waals surface area contributed by atoms with Gasteiger partial charge in [-0.15, -0.1) is 0 Å². The molecule has 0 amide bonds. The molecule has 1 rings (SSSR count). The van der Waals surface area contributed by atoms with Crippen molar-refractivity contribution < 1.29 is 4.79 Å². The second-order valence-electron chi connectivity index (χ2n) is 4.66. The minimum atomic E-state index is -1.88. The summed E-state index contributed by atoms with van der Waals surface area (Å²) in [5, 5.41) is 1.17. The Hall–Kier alpha value is -0.0231. The highest BCUT2D eigenvalue weighted by Crippen LogP contribution is 2.30. The first kappa shape index (κ1) is 14.0. The standard InChI is InChI=1S/C11H13Cl3OSi/c1-16(2,3)9-6-4-5-8(7-9)10(15)11(12,13)14/h4-7H,1-3H3. The van der Waals surface area contributed by atoms with Crippen LogP contribution in [-0.4, -0.2) is 17.6 Å². The summed E-state index contributed by atoms with van der Waals surface area (Å²) in [7, 11) is -1.45. The van der Waals surface area contributed by atoms with E-state index in [1.807, 2.05) is 18.2 Å². The Morgan fingerprint density at radius 1 is 1.19 bits per heavy atom. The molecule has 0 radical (unpaired) electrons. The molecule has 0 N–H and O–H groups in total. The van der Waals surface area contributed by atoms with Gasteiger partial charge in [0.1, 0.15) is 0 Å². The number of ketones is 1. The molecule has 0 aromatic heterocycles. The molecule has 0 spiro atoms. The van der Waals surface area contributed by atoms with Crippen molar-refractivity contribution in [2.24, 2.45) is 0 Å². The van der Waals surface area contributed by atoms with Crippen LogP contribution in [0.3, 0.4) is 0 Å². The second-order valence-corrected chi connectivity index (χ2v) is 12.0. The number of hydrogen-bond acceptors (Lipinski definition) is 1. The number of rotatable bonds is 2. The van der Waals surface area contributed by atoms with Crippen molar-refractivity contribution in [1.29, 1.82) is 0 Å². The summed E-state index contributed by atoms with van der Waals surface area (Å²) in [5.74, 6) is -0.474. The molecule has 1 aromatic carbocycles. The molecule has 0 aliphatic rings. The summed E-state index contributed by atoms with van der Waals surface area (Å²) in [6.07, 6.45) is 0. The van der Waals surface area contributed by atoms with Gasteiger partial charge in [0, 0.05) is 5.56 Å². The average molecular weight is 296 g/mol. The summed E-state index contributed by atoms with van der Waals surface area (Å²) in [6, 6.07) is 7.35. The van der Waals surface area contributed by atoms with Crippen LogP contribution in [0.25, 0.3) is 0 Å². The summed E-state index contributed by atoms with van der Waals surface area (Å²) in [6.45, 7) is 6.60. The summed E-state index contributed by atoms with van der Waals surface area (Å²) in [5.41, 5.74) is 0.458. The number of carbonyl (C=O) groups is 1. The first-order valence-electron chi connectivity index (χ1n) is 4.84. The van der Waals surface area contributed by atoms with E-state index >= 15 is 0 Å². The third-order valence-electron chi connectivity index (χ3n) is 2.25. The lowest BCUT2D eigenvalue weighted by Gasteiger charge is -2.18. The number of halogens is 3. The molecule has 0 heterocycles. The first-order chi connectivity index (χ1) is 7.12. The predicted octanol–water partition coefficient (Wildman–Crippen LogP) is 3.78. The average Bonchev–Trinajstić information content (AvgIpc) is 2.14. The van der Waals surface area contributed by atoms with Gasteiger partial charge in [0.05, 0.1) is 8.07 Å². The molecule has 0 fully saturated rings. The van der Waals surface area contributed by atoms with Gasteiger partial charge in [0.2, 0.25) is 5.78 Å². The molecule has 5 heteroatoms. The van der Waals surface area contributed by atoms with E-state index in [-0.39, 0.29) is 0 Å². The van der Waals surface area contributed by atoms with Crippen LogP contribution in [0, 0.1) is 0 Å². The zero-order valence-electron chi connectivity index (χ0n) is 9.35. The van der Waals surface area contributed by atoms with Crippen molar-refractivity contribution in [3.63, 3.8) is 0 Å². The molecule has 0 atom stereocenters. The van der Waals surface area contributed by atoms with Crippen molar-refractivity contribution >= 4 is 53.8 Å². The maximum absolute atomic E-state index is 11.8. The third kappa shape index (κ3) is 3.49. The normalized spacial score (nSPS) is 12.6. The largest absolute Gasteiger partial charge is 0.289 e. The number of hydrogen-bond donors (Lipinski definition) is 0. The van der Waals surface area contributed by atoms with Crippen molar-refractivity contribution in [2.45, 2.75) is 23.4 Å². The molecule has 0 unspecified atom stereocenters. The lowest BCUT2D eigenvalue weighted by molar-refractivity contribution is 0.0996. The maximum Gasteiger partial charge on any atom is 0.253 e. The van der Waals surface area contributed by atoms with Crippen LogP contribution in [0.5, 0.6) is 0 Å². The lowest BCUT2D eigenvalue weighted by Crippen LogP contribution is -2.38. The number of benzene rings is 1. The van der Waals surface area contributed by atoms with E-state index in [1.165, 1.54) is 5.19 Å². The molecule has 0 saturated carbocycles. The predicted molar refractivity (Wildman–Crippen MR) is 74.0 cm³/mol. The maximum atomic E-state index is 11.8. The van der Waals surface area contributed by atoms with E-state index in [0.29, 0.717) is 5.56 Å². The van der Waals surface area contributed by atoms with Crippen LogP contribution in [0.15, 0.2) is 24.3 Å². The zero-order valence-corrected chi connectivity index (χ0v) is 12.6. The molecular formula is C11H13Cl3OSi. The molecule has 0 aliphatic heterocycles. The molecule has 0 aliphatic carbocycles. The van der Waals surface area contributed by atoms with E-state index in [9.17, 15) is 4.79 Å². The Labute approximate surface area is 112 Å². The van der Waals surface area contributed by atoms with E-state index in [0.717, 1.165) is 0 Å². The van der Waals surface area contributed by atoms with E-state index in [2.05, 4.69) is 19.6 Å². The molecular weight excluding hydrogens is 283 g/mol. The first-order valence-corrected chi connectivity index (χ1v) is 9.48. The number of carbonyl (C=O) groups excluding carboxylic acids is 1. The molecule has 1 nitrogen and oxygen atoms in total. The highest BCUT2D eigenvalue weighted by molar-refractivity contribution is 6.88. The van der Waals surface area contributed by atoms with Gasteiger partial charge in [0.25, 0.3) is 3.79 Å². The van der Waals surface area contributed by atoms with Crippen LogP contribution in [-0.2, 0) is 0 Å². The van der Waals surface area contributed by atoms with Crippen LogP contribution in [0.1, 0.15) is 10.4 Å². The van der Waals surface area contributed by atoms with Gasteiger partial charge in [-0.05, 0) is 0 Å². The SMILES string of the molecule is C[Si](C)(C)c1cccc(C(=O)C(Cl)(Cl)Cl)c1. The highest BCUT2D eigenvalue weighted by atomic mass is 35.6. The summed E-state index contributed by atoms with van der Waals surface area (Å²) < 4.78 is -1.88. The monoisotopic (exact) mass is 294 g/mol. The fraction of sp³-hybridized carbons (Fsp3) is 0.364. The van der Waals surface area contributed by atoms with Crippen LogP contribution in [0.4, 0.5) is 0 Å². The van der Waals surface area contributed by atoms with Gasteiger partial charge in [-0.3, -0.25) is 4.79 Å². The Morgan fingerprint density at radius 2 is 1.75 bits per heavy atom. The molecule has 0 bridgehead atoms. The highest BCUT2D eigenvalue weighted by Gasteiger charge is 2.32. The Morgan fingerprint density at radius 3 is 2.19 bits per heavy atom. The van der Waals surface area contributed by atoms with Crippen molar-refractivity contribution in [2.75, 3.05) is 0 Å². The quantitative estimate of drug-likeness (QED) is 0.461. The van der Waals surface area contributed by atoms with Crippen LogP contribution >= 0.6 is 34.8 Å². The van der Waals surface area contributed by atoms with Gasteiger partial charge in [-0.1, -0.05) is 83.9 Å². The Bertz CT molecular complexity index is 404. The fourth-order valence-corrected chi connectivity index (χ4v) is 2.80. The van der Waals surface area contributed by atoms with Crippen molar-refractivity contribution in [3.8, 4) is 0 Å². The van der Waals surface area contributed by atoms with E-state index in [4.69, 9.17) is 34.8 Å². The Balaban J connectivity index is 3.14. The molecule has 0 saturated heterocycles. The van der Waals surface area contributed by atoms with Gasteiger partial charge < -0.3 is 0 Å². The topological polar surface area (TPSA) is 17.1 Å². The second kappa shape index (κ2) is 4.69. The van der Waals surface area contributed by atoms with Crippen LogP contribution < -0.4 is 5.19 Å². The molecule has 1 aromatic rings. The van der Waals surface area contributed by atoms with Crippen molar-refractivity contribution in [1.82, 2.24) is 0 Å². The lowest BCUT2D eigenvalue weighted by atomic mass is 10.1. The van der Waals surface area contributed by atoms with E-state index < -0.39 is 17.6 Å². The summed E-state index contributed by atoms with van der Waals surface area (Å²) >= 11 is 16.7. The van der Waals surface area contributed by atoms with Crippen LogP contribution in [0.2, 0.25) is 19.6 Å². The fourth-order valence-electron chi connectivity index (χ4n) is 1.29. The minimum Gasteiger partial charge on any atom is -0.289 e. The number of Topliss-reactive ketones (excluding diaryl/α,β-unsaturated/α-hetero) is 1. The van der Waals surface area contributed by atoms with Gasteiger partial charge in [-0.25, -0.2) is 0 Å². The van der Waals surface area contributed by atoms with Gasteiger partial charge in [-0.2, -0.15) is 0 Å². The smallest absolute Gasteiger partial charge is 0.253 e. The van der Waals surface area contributed by atoms with Crippen molar-refractivity contribution in [3.05, 3.63) is 29.8 Å². The number of alkyl halides is 3. The Kier molecular flexibility index (Phi) is 4.12. The third-order valence-corrected chi connectivity index (χ3v) is 4.81. The molecule has 16 heavy (non-hydrogen) atoms. The van der Waals surface area contributed by atoms with E-state index in [1.54, 1.807) is 6.07 Å². The summed E-state index contributed by atoms with van der Waals surface area (Å²) in [4.78, 5) is 11.8.